The van der Waals surface area contributed by atoms with Crippen molar-refractivity contribution in [3.63, 3.8) is 0 Å². The third kappa shape index (κ3) is 5.69. The molecule has 5 rings (SSSR count). The lowest BCUT2D eigenvalue weighted by molar-refractivity contribution is 0.0959. The summed E-state index contributed by atoms with van der Waals surface area (Å²) in [7, 11) is 1.46. The first-order chi connectivity index (χ1) is 15.1. The summed E-state index contributed by atoms with van der Waals surface area (Å²) >= 11 is 0. The lowest BCUT2D eigenvalue weighted by Crippen LogP contribution is -2.19. The van der Waals surface area contributed by atoms with Crippen molar-refractivity contribution in [3.05, 3.63) is 89.8 Å². The zero-order valence-corrected chi connectivity index (χ0v) is 20.0. The molecule has 0 saturated carbocycles. The Morgan fingerprint density at radius 1 is 1.00 bits per heavy atom. The van der Waals surface area contributed by atoms with E-state index in [4.69, 9.17) is 0 Å². The van der Waals surface area contributed by atoms with Gasteiger partial charge in [0.2, 0.25) is 0 Å². The average Bonchev–Trinajstić information content (AvgIpc) is 3.20. The molecular weight excluding hydrogens is 498 g/mol. The number of carbonyl (C=O) groups excluding carboxylic acids is 1. The van der Waals surface area contributed by atoms with Crippen LogP contribution in [-0.4, -0.2) is 48.5 Å². The molecule has 0 aliphatic heterocycles. The average molecular weight is 521 g/mol. The van der Waals surface area contributed by atoms with Crippen LogP contribution in [0.25, 0.3) is 27.9 Å². The van der Waals surface area contributed by atoms with Gasteiger partial charge in [0.15, 0.2) is 0 Å². The topological polar surface area (TPSA) is 148 Å². The Hall–Kier alpha value is -3.70. The van der Waals surface area contributed by atoms with Gasteiger partial charge in [0, 0.05) is 30.6 Å². The second kappa shape index (κ2) is 12.1. The van der Waals surface area contributed by atoms with Gasteiger partial charge >= 0.3 is 0 Å². The molecule has 5 N–H and O–H groups in total. The molecule has 5 aromatic rings. The number of rotatable bonds is 4. The largest absolute Gasteiger partial charge is 0.412 e. The number of pyridine rings is 1. The van der Waals surface area contributed by atoms with E-state index in [0.717, 1.165) is 22.2 Å². The number of nitrogens with zero attached hydrogens (tertiary/aromatic N) is 5. The molecule has 0 spiro atoms. The van der Waals surface area contributed by atoms with Crippen LogP contribution in [0.1, 0.15) is 21.6 Å². The Morgan fingerprint density at radius 2 is 1.77 bits per heavy atom. The predicted octanol–water partition coefficient (Wildman–Crippen LogP) is 2.62. The maximum atomic E-state index is 14.4. The molecule has 9 nitrogen and oxygen atoms in total. The van der Waals surface area contributed by atoms with Gasteiger partial charge in [-0.15, -0.1) is 24.8 Å². The number of carbonyl (C=O) groups is 1. The summed E-state index contributed by atoms with van der Waals surface area (Å²) in [4.78, 5) is 24.8. The fraction of sp³-hybridized carbons (Fsp3) is 0.0870. The van der Waals surface area contributed by atoms with Gasteiger partial charge in [0.05, 0.1) is 29.2 Å². The number of benzene rings is 2. The minimum absolute atomic E-state index is 0. The molecule has 3 aromatic heterocycles. The Kier molecular flexibility index (Phi) is 10.2. The molecule has 0 atom stereocenters. The number of fused-ring (bicyclic) bond motifs is 2. The zero-order chi connectivity index (χ0) is 21.4. The third-order valence-electron chi connectivity index (χ3n) is 5.09. The molecular formula is C23H23Cl2FN6O3. The van der Waals surface area contributed by atoms with E-state index >= 15 is 0 Å². The smallest absolute Gasteiger partial charge is 0.253 e. The van der Waals surface area contributed by atoms with Crippen molar-refractivity contribution in [2.45, 2.75) is 6.42 Å². The number of aromatic nitrogens is 5. The van der Waals surface area contributed by atoms with Crippen LogP contribution in [0, 0.1) is 5.82 Å². The van der Waals surface area contributed by atoms with Crippen molar-refractivity contribution >= 4 is 47.4 Å². The van der Waals surface area contributed by atoms with Gasteiger partial charge in [0.1, 0.15) is 11.5 Å². The van der Waals surface area contributed by atoms with E-state index in [9.17, 15) is 9.18 Å². The molecule has 1 amide bonds. The number of hydrogen-bond acceptors (Lipinski definition) is 5. The van der Waals surface area contributed by atoms with Crippen molar-refractivity contribution in [2.75, 3.05) is 7.05 Å². The highest BCUT2D eigenvalue weighted by atomic mass is 35.5. The maximum Gasteiger partial charge on any atom is 0.253 e. The van der Waals surface area contributed by atoms with Crippen LogP contribution >= 0.6 is 24.8 Å². The lowest BCUT2D eigenvalue weighted by atomic mass is 10.1. The van der Waals surface area contributed by atoms with Gasteiger partial charge < -0.3 is 16.3 Å². The van der Waals surface area contributed by atoms with Crippen LogP contribution in [0.4, 0.5) is 4.39 Å². The summed E-state index contributed by atoms with van der Waals surface area (Å²) in [6.07, 6.45) is 5.66. The first-order valence-electron chi connectivity index (χ1n) is 9.68. The van der Waals surface area contributed by atoms with Crippen molar-refractivity contribution in [1.82, 2.24) is 29.9 Å². The van der Waals surface area contributed by atoms with Gasteiger partial charge in [-0.25, -0.2) is 18.9 Å². The molecule has 0 unspecified atom stereocenters. The Balaban J connectivity index is 0.00000153. The van der Waals surface area contributed by atoms with Gasteiger partial charge in [-0.1, -0.05) is 18.2 Å². The molecule has 12 heteroatoms. The molecule has 0 radical (unpaired) electrons. The number of halogens is 3. The quantitative estimate of drug-likeness (QED) is 0.386. The van der Waals surface area contributed by atoms with Crippen LogP contribution in [0.2, 0.25) is 0 Å². The summed E-state index contributed by atoms with van der Waals surface area (Å²) in [5.41, 5.74) is 3.88. The van der Waals surface area contributed by atoms with Crippen LogP contribution in [0.3, 0.4) is 0 Å². The number of nitrogens with one attached hydrogen (secondary N) is 1. The molecule has 0 fully saturated rings. The van der Waals surface area contributed by atoms with Crippen molar-refractivity contribution < 1.29 is 20.1 Å². The molecule has 0 bridgehead atoms. The lowest BCUT2D eigenvalue weighted by Gasteiger charge is -2.07. The molecule has 0 aliphatic carbocycles. The number of hydrogen-bond donors (Lipinski definition) is 1. The normalized spacial score (nSPS) is 9.89. The van der Waals surface area contributed by atoms with E-state index in [-0.39, 0.29) is 41.3 Å². The standard InChI is InChI=1S/C23H17FN6O.2ClH.2H2O/c1-25-22(31)18-6-5-16(11-19(18)24)21-13-28-23-27-12-17(30(23)29-21)10-14-4-7-20-15(9-14)3-2-8-26-20;;;;/h2-9,11-13H,10H2,1H3,(H,25,31);2*1H;2*1H2. The van der Waals surface area contributed by atoms with Crippen LogP contribution in [-0.2, 0) is 6.42 Å². The van der Waals surface area contributed by atoms with E-state index in [1.165, 1.54) is 19.2 Å². The SMILES string of the molecule is CNC(=O)c1ccc(-c2cnc3ncc(Cc4ccc5ncccc5c4)n3n2)cc1F.Cl.Cl.O.O. The second-order valence-electron chi connectivity index (χ2n) is 7.09. The van der Waals surface area contributed by atoms with E-state index in [0.29, 0.717) is 23.5 Å². The fourth-order valence-electron chi connectivity index (χ4n) is 3.51. The molecule has 0 saturated heterocycles. The first kappa shape index (κ1) is 29.3. The molecule has 0 aliphatic rings. The summed E-state index contributed by atoms with van der Waals surface area (Å²) in [6, 6.07) is 14.4. The zero-order valence-electron chi connectivity index (χ0n) is 18.4. The molecule has 3 heterocycles. The van der Waals surface area contributed by atoms with Gasteiger partial charge in [-0.3, -0.25) is 9.78 Å². The van der Waals surface area contributed by atoms with Crippen LogP contribution < -0.4 is 5.32 Å². The van der Waals surface area contributed by atoms with E-state index in [1.54, 1.807) is 29.2 Å². The van der Waals surface area contributed by atoms with Crippen molar-refractivity contribution in [1.29, 1.82) is 0 Å². The van der Waals surface area contributed by atoms with Crippen LogP contribution in [0.5, 0.6) is 0 Å². The summed E-state index contributed by atoms with van der Waals surface area (Å²) < 4.78 is 16.0. The minimum atomic E-state index is -0.616. The minimum Gasteiger partial charge on any atom is -0.412 e. The fourth-order valence-corrected chi connectivity index (χ4v) is 3.51. The number of imidazole rings is 1. The van der Waals surface area contributed by atoms with E-state index in [1.807, 2.05) is 24.3 Å². The molecule has 184 valence electrons. The highest BCUT2D eigenvalue weighted by molar-refractivity contribution is 5.94. The highest BCUT2D eigenvalue weighted by Crippen LogP contribution is 2.21. The van der Waals surface area contributed by atoms with Gasteiger partial charge in [-0.2, -0.15) is 5.10 Å². The van der Waals surface area contributed by atoms with Gasteiger partial charge in [-0.05, 0) is 35.9 Å². The third-order valence-corrected chi connectivity index (χ3v) is 5.09. The summed E-state index contributed by atoms with van der Waals surface area (Å²) in [5.74, 6) is -0.633. The van der Waals surface area contributed by atoms with Gasteiger partial charge in [0.25, 0.3) is 11.7 Å². The Bertz CT molecular complexity index is 1460. The second-order valence-corrected chi connectivity index (χ2v) is 7.09. The predicted molar refractivity (Wildman–Crippen MR) is 136 cm³/mol. The summed E-state index contributed by atoms with van der Waals surface area (Å²) in [5, 5.41) is 8.09. The maximum absolute atomic E-state index is 14.4. The summed E-state index contributed by atoms with van der Waals surface area (Å²) in [6.45, 7) is 0. The van der Waals surface area contributed by atoms with Crippen LogP contribution in [0.15, 0.2) is 67.1 Å². The number of amides is 1. The van der Waals surface area contributed by atoms with Crippen molar-refractivity contribution in [2.24, 2.45) is 0 Å². The van der Waals surface area contributed by atoms with E-state index in [2.05, 4.69) is 31.4 Å². The highest BCUT2D eigenvalue weighted by Gasteiger charge is 2.14. The Labute approximate surface area is 211 Å². The molecule has 2 aromatic carbocycles. The van der Waals surface area contributed by atoms with Crippen molar-refractivity contribution in [3.8, 4) is 11.3 Å². The first-order valence-corrected chi connectivity index (χ1v) is 9.68. The Morgan fingerprint density at radius 3 is 2.51 bits per heavy atom. The molecule has 35 heavy (non-hydrogen) atoms. The monoisotopic (exact) mass is 520 g/mol. The van der Waals surface area contributed by atoms with E-state index < -0.39 is 11.7 Å².